The van der Waals surface area contributed by atoms with Crippen LogP contribution in [-0.2, 0) is 6.42 Å². The largest absolute Gasteiger partial charge is 0.392 e. The summed E-state index contributed by atoms with van der Waals surface area (Å²) in [5, 5.41) is 13.2. The molecule has 2 atom stereocenters. The van der Waals surface area contributed by atoms with Crippen LogP contribution in [0.1, 0.15) is 39.1 Å². The molecule has 0 aromatic carbocycles. The summed E-state index contributed by atoms with van der Waals surface area (Å²) in [4.78, 5) is 15.4. The van der Waals surface area contributed by atoms with Gasteiger partial charge in [-0.2, -0.15) is 0 Å². The van der Waals surface area contributed by atoms with E-state index in [0.717, 1.165) is 49.1 Å². The van der Waals surface area contributed by atoms with E-state index in [1.54, 1.807) is 11.3 Å². The third-order valence-electron chi connectivity index (χ3n) is 4.74. The van der Waals surface area contributed by atoms with Crippen molar-refractivity contribution in [1.29, 1.82) is 0 Å². The molecule has 1 fully saturated rings. The van der Waals surface area contributed by atoms with Crippen LogP contribution in [0.5, 0.6) is 0 Å². The number of rotatable bonds is 5. The Bertz CT molecular complexity index is 728. The SMILES string of the molecule is Cc1nc(N2CCN(C[C@H](C)O)C[C@@H]2C)c2c(CC(C)C)csc2n1. The van der Waals surface area contributed by atoms with Gasteiger partial charge in [-0.05, 0) is 44.1 Å². The summed E-state index contributed by atoms with van der Waals surface area (Å²) in [6, 6.07) is 0.372. The van der Waals surface area contributed by atoms with Crippen molar-refractivity contribution in [2.45, 2.75) is 53.2 Å². The quantitative estimate of drug-likeness (QED) is 0.886. The number of thiophene rings is 1. The van der Waals surface area contributed by atoms with Crippen LogP contribution in [0.25, 0.3) is 10.2 Å². The van der Waals surface area contributed by atoms with E-state index in [0.29, 0.717) is 12.0 Å². The fraction of sp³-hybridized carbons (Fsp3) is 0.684. The topological polar surface area (TPSA) is 52.5 Å². The molecule has 0 saturated carbocycles. The second-order valence-corrected chi connectivity index (χ2v) is 8.64. The molecule has 138 valence electrons. The van der Waals surface area contributed by atoms with Crippen LogP contribution in [0.2, 0.25) is 0 Å². The number of aryl methyl sites for hydroxylation is 1. The van der Waals surface area contributed by atoms with E-state index in [1.165, 1.54) is 10.9 Å². The Morgan fingerprint density at radius 3 is 2.68 bits per heavy atom. The van der Waals surface area contributed by atoms with Gasteiger partial charge in [-0.3, -0.25) is 4.90 Å². The molecule has 1 N–H and O–H groups in total. The minimum atomic E-state index is -0.277. The smallest absolute Gasteiger partial charge is 0.141 e. The zero-order chi connectivity index (χ0) is 18.1. The summed E-state index contributed by atoms with van der Waals surface area (Å²) in [7, 11) is 0. The van der Waals surface area contributed by atoms with E-state index < -0.39 is 0 Å². The number of aliphatic hydroxyl groups excluding tert-OH is 1. The molecule has 3 rings (SSSR count). The molecule has 2 aromatic rings. The first-order valence-electron chi connectivity index (χ1n) is 9.27. The van der Waals surface area contributed by atoms with Crippen molar-refractivity contribution in [2.24, 2.45) is 5.92 Å². The van der Waals surface area contributed by atoms with Crippen molar-refractivity contribution in [3.8, 4) is 0 Å². The van der Waals surface area contributed by atoms with E-state index in [2.05, 4.69) is 40.9 Å². The number of anilines is 1. The highest BCUT2D eigenvalue weighted by atomic mass is 32.1. The highest BCUT2D eigenvalue weighted by Crippen LogP contribution is 2.35. The lowest BCUT2D eigenvalue weighted by Crippen LogP contribution is -2.53. The molecule has 2 aromatic heterocycles. The molecule has 0 unspecified atom stereocenters. The minimum absolute atomic E-state index is 0.277. The van der Waals surface area contributed by atoms with Crippen LogP contribution < -0.4 is 4.90 Å². The van der Waals surface area contributed by atoms with Gasteiger partial charge in [0.25, 0.3) is 0 Å². The molecule has 0 bridgehead atoms. The van der Waals surface area contributed by atoms with Crippen LogP contribution in [0, 0.1) is 12.8 Å². The van der Waals surface area contributed by atoms with E-state index in [-0.39, 0.29) is 6.10 Å². The number of fused-ring (bicyclic) bond motifs is 1. The molecule has 5 nitrogen and oxygen atoms in total. The van der Waals surface area contributed by atoms with Crippen LogP contribution in [0.15, 0.2) is 5.38 Å². The number of hydrogen-bond donors (Lipinski definition) is 1. The van der Waals surface area contributed by atoms with Gasteiger partial charge >= 0.3 is 0 Å². The van der Waals surface area contributed by atoms with Crippen LogP contribution >= 0.6 is 11.3 Å². The fourth-order valence-corrected chi connectivity index (χ4v) is 4.76. The summed E-state index contributed by atoms with van der Waals surface area (Å²) in [6.45, 7) is 14.2. The Morgan fingerprint density at radius 1 is 1.28 bits per heavy atom. The number of aliphatic hydroxyl groups is 1. The van der Waals surface area contributed by atoms with E-state index in [1.807, 2.05) is 13.8 Å². The predicted octanol–water partition coefficient (Wildman–Crippen LogP) is 3.09. The average Bonchev–Trinajstić information content (AvgIpc) is 2.88. The lowest BCUT2D eigenvalue weighted by Gasteiger charge is -2.41. The van der Waals surface area contributed by atoms with Gasteiger partial charge in [-0.25, -0.2) is 9.97 Å². The summed E-state index contributed by atoms with van der Waals surface area (Å²) in [6.07, 6.45) is 0.789. The van der Waals surface area contributed by atoms with Crippen LogP contribution in [0.3, 0.4) is 0 Å². The van der Waals surface area contributed by atoms with Crippen LogP contribution in [-0.4, -0.2) is 58.3 Å². The second kappa shape index (κ2) is 7.56. The van der Waals surface area contributed by atoms with Gasteiger partial charge in [0.1, 0.15) is 16.5 Å². The molecule has 0 radical (unpaired) electrons. The van der Waals surface area contributed by atoms with Gasteiger partial charge in [0.05, 0.1) is 11.5 Å². The van der Waals surface area contributed by atoms with Crippen molar-refractivity contribution < 1.29 is 5.11 Å². The first-order chi connectivity index (χ1) is 11.8. The monoisotopic (exact) mass is 362 g/mol. The predicted molar refractivity (Wildman–Crippen MR) is 106 cm³/mol. The van der Waals surface area contributed by atoms with Crippen molar-refractivity contribution in [3.63, 3.8) is 0 Å². The maximum Gasteiger partial charge on any atom is 0.141 e. The first-order valence-corrected chi connectivity index (χ1v) is 10.1. The Hall–Kier alpha value is -1.24. The molecule has 3 heterocycles. The number of hydrogen-bond acceptors (Lipinski definition) is 6. The highest BCUT2D eigenvalue weighted by Gasteiger charge is 2.28. The zero-order valence-electron chi connectivity index (χ0n) is 16.0. The highest BCUT2D eigenvalue weighted by molar-refractivity contribution is 7.17. The molecule has 1 aliphatic heterocycles. The molecule has 1 saturated heterocycles. The normalized spacial score (nSPS) is 20.6. The zero-order valence-corrected chi connectivity index (χ0v) is 16.8. The lowest BCUT2D eigenvalue weighted by atomic mass is 10.0. The molecular weight excluding hydrogens is 332 g/mol. The van der Waals surface area contributed by atoms with Crippen molar-refractivity contribution in [2.75, 3.05) is 31.1 Å². The van der Waals surface area contributed by atoms with Crippen molar-refractivity contribution in [1.82, 2.24) is 14.9 Å². The average molecular weight is 363 g/mol. The molecule has 6 heteroatoms. The number of aromatic nitrogens is 2. The summed E-state index contributed by atoms with van der Waals surface area (Å²) in [5.74, 6) is 2.56. The molecule has 0 amide bonds. The molecule has 0 spiro atoms. The molecule has 0 aliphatic carbocycles. The molecule has 1 aliphatic rings. The van der Waals surface area contributed by atoms with E-state index in [9.17, 15) is 5.11 Å². The maximum atomic E-state index is 9.67. The van der Waals surface area contributed by atoms with Gasteiger partial charge < -0.3 is 10.0 Å². The lowest BCUT2D eigenvalue weighted by molar-refractivity contribution is 0.114. The third kappa shape index (κ3) is 4.13. The Kier molecular flexibility index (Phi) is 5.61. The third-order valence-corrected chi connectivity index (χ3v) is 5.66. The number of β-amino-alcohol motifs (C(OH)–C–C–N with tert-alkyl or cyclic N) is 1. The standard InChI is InChI=1S/C19H30N4OS/c1-12(2)8-16-11-25-19-17(16)18(20-15(5)21-19)23-7-6-22(9-13(23)3)10-14(4)24/h11-14,24H,6-10H2,1-5H3/t13-,14-/m0/s1. The van der Waals surface area contributed by atoms with E-state index in [4.69, 9.17) is 4.98 Å². The van der Waals surface area contributed by atoms with Crippen molar-refractivity contribution in [3.05, 3.63) is 16.8 Å². The minimum Gasteiger partial charge on any atom is -0.392 e. The number of nitrogens with zero attached hydrogens (tertiary/aromatic N) is 4. The van der Waals surface area contributed by atoms with Gasteiger partial charge in [-0.15, -0.1) is 11.3 Å². The second-order valence-electron chi connectivity index (χ2n) is 7.78. The van der Waals surface area contributed by atoms with Gasteiger partial charge in [0, 0.05) is 32.2 Å². The number of piperazine rings is 1. The van der Waals surface area contributed by atoms with Gasteiger partial charge in [0.15, 0.2) is 0 Å². The summed E-state index contributed by atoms with van der Waals surface area (Å²) < 4.78 is 0. The Labute approximate surface area is 154 Å². The molecular formula is C19H30N4OS. The maximum absolute atomic E-state index is 9.67. The summed E-state index contributed by atoms with van der Waals surface area (Å²) in [5.41, 5.74) is 1.38. The van der Waals surface area contributed by atoms with E-state index >= 15 is 0 Å². The van der Waals surface area contributed by atoms with Crippen molar-refractivity contribution >= 4 is 27.4 Å². The Balaban J connectivity index is 1.93. The van der Waals surface area contributed by atoms with Gasteiger partial charge in [-0.1, -0.05) is 13.8 Å². The molecule has 25 heavy (non-hydrogen) atoms. The van der Waals surface area contributed by atoms with Crippen LogP contribution in [0.4, 0.5) is 5.82 Å². The van der Waals surface area contributed by atoms with Gasteiger partial charge in [0.2, 0.25) is 0 Å². The fourth-order valence-electron chi connectivity index (χ4n) is 3.77. The summed E-state index contributed by atoms with van der Waals surface area (Å²) >= 11 is 1.74. The Morgan fingerprint density at radius 2 is 2.04 bits per heavy atom. The first kappa shape index (κ1) is 18.5.